The van der Waals surface area contributed by atoms with E-state index in [-0.39, 0.29) is 22.9 Å². The van der Waals surface area contributed by atoms with Gasteiger partial charge in [-0.15, -0.1) is 0 Å². The molecule has 0 atom stereocenters. The number of pyridine rings is 1. The van der Waals surface area contributed by atoms with Crippen LogP contribution in [0.5, 0.6) is 0 Å². The third kappa shape index (κ3) is 2.79. The van der Waals surface area contributed by atoms with Crippen LogP contribution in [-0.2, 0) is 0 Å². The third-order valence-corrected chi connectivity index (χ3v) is 5.19. The average molecular weight is 370 g/mol. The number of H-pyrrole nitrogens is 2. The van der Waals surface area contributed by atoms with Gasteiger partial charge in [-0.2, -0.15) is 0 Å². The fraction of sp³-hybridized carbons (Fsp3) is 0.136. The van der Waals surface area contributed by atoms with Gasteiger partial charge in [-0.1, -0.05) is 42.5 Å². The molecule has 6 nitrogen and oxygen atoms in total. The standard InChI is InChI=1S/C22H18N4O2/c27-21-16(10-11-17(25-21)14-6-2-1-3-7-14)22(28)26-12-15(13-26)20-23-18-8-4-5-9-19(18)24-20/h1-11,15H,12-13H2,(H,23,24)(H,25,27). The zero-order valence-corrected chi connectivity index (χ0v) is 15.1. The maximum absolute atomic E-state index is 12.7. The van der Waals surface area contributed by atoms with Crippen LogP contribution in [0, 0.1) is 0 Å². The zero-order chi connectivity index (χ0) is 19.1. The average Bonchev–Trinajstić information content (AvgIpc) is 3.11. The van der Waals surface area contributed by atoms with Gasteiger partial charge in [-0.05, 0) is 29.8 Å². The molecular formula is C22H18N4O2. The molecule has 0 aliphatic carbocycles. The first-order valence-corrected chi connectivity index (χ1v) is 9.22. The number of nitrogens with zero attached hydrogens (tertiary/aromatic N) is 2. The predicted octanol–water partition coefficient (Wildman–Crippen LogP) is 3.16. The highest BCUT2D eigenvalue weighted by Crippen LogP contribution is 2.27. The highest BCUT2D eigenvalue weighted by atomic mass is 16.2. The first kappa shape index (κ1) is 16.5. The van der Waals surface area contributed by atoms with Crippen molar-refractivity contribution in [2.45, 2.75) is 5.92 Å². The molecule has 2 aromatic heterocycles. The number of fused-ring (bicyclic) bond motifs is 1. The van der Waals surface area contributed by atoms with Crippen LogP contribution in [0.25, 0.3) is 22.3 Å². The van der Waals surface area contributed by atoms with Crippen LogP contribution in [0.15, 0.2) is 71.5 Å². The quantitative estimate of drug-likeness (QED) is 0.581. The van der Waals surface area contributed by atoms with Crippen LogP contribution in [0.4, 0.5) is 0 Å². The molecule has 0 spiro atoms. The molecule has 5 rings (SSSR count). The van der Waals surface area contributed by atoms with Gasteiger partial charge < -0.3 is 14.9 Å². The second-order valence-corrected chi connectivity index (χ2v) is 7.03. The fourth-order valence-electron chi connectivity index (χ4n) is 3.58. The monoisotopic (exact) mass is 370 g/mol. The lowest BCUT2D eigenvalue weighted by Crippen LogP contribution is -2.50. The molecule has 138 valence electrons. The Labute approximate surface area is 160 Å². The van der Waals surface area contributed by atoms with Crippen molar-refractivity contribution in [1.29, 1.82) is 0 Å². The number of likely N-dealkylation sites (tertiary alicyclic amines) is 1. The van der Waals surface area contributed by atoms with Crippen molar-refractivity contribution in [3.8, 4) is 11.3 Å². The van der Waals surface area contributed by atoms with Crippen LogP contribution in [0.1, 0.15) is 22.1 Å². The third-order valence-electron chi connectivity index (χ3n) is 5.19. The summed E-state index contributed by atoms with van der Waals surface area (Å²) in [4.78, 5) is 37.6. The summed E-state index contributed by atoms with van der Waals surface area (Å²) in [6.07, 6.45) is 0. The van der Waals surface area contributed by atoms with Crippen LogP contribution < -0.4 is 5.56 Å². The minimum Gasteiger partial charge on any atom is -0.342 e. The van der Waals surface area contributed by atoms with Gasteiger partial charge in [0.05, 0.1) is 17.0 Å². The number of amides is 1. The lowest BCUT2D eigenvalue weighted by molar-refractivity contribution is 0.0594. The van der Waals surface area contributed by atoms with E-state index >= 15 is 0 Å². The van der Waals surface area contributed by atoms with Crippen LogP contribution in [0.3, 0.4) is 0 Å². The van der Waals surface area contributed by atoms with Gasteiger partial charge in [0.25, 0.3) is 11.5 Å². The SMILES string of the molecule is O=C(c1ccc(-c2ccccc2)[nH]c1=O)N1CC(c2nc3ccccc3[nH]2)C1. The molecule has 3 heterocycles. The Morgan fingerprint density at radius 2 is 1.68 bits per heavy atom. The number of rotatable bonds is 3. The second-order valence-electron chi connectivity index (χ2n) is 7.03. The number of hydrogen-bond donors (Lipinski definition) is 2. The molecule has 2 aromatic carbocycles. The Kier molecular flexibility index (Phi) is 3.83. The number of aromatic amines is 2. The number of imidazole rings is 1. The maximum atomic E-state index is 12.7. The number of carbonyl (C=O) groups is 1. The summed E-state index contributed by atoms with van der Waals surface area (Å²) in [7, 11) is 0. The molecular weight excluding hydrogens is 352 g/mol. The molecule has 1 aliphatic heterocycles. The van der Waals surface area contributed by atoms with Crippen molar-refractivity contribution in [2.24, 2.45) is 0 Å². The molecule has 0 saturated carbocycles. The molecule has 4 aromatic rings. The van der Waals surface area contributed by atoms with Crippen molar-refractivity contribution >= 4 is 16.9 Å². The van der Waals surface area contributed by atoms with E-state index in [1.165, 1.54) is 0 Å². The molecule has 0 radical (unpaired) electrons. The number of para-hydroxylation sites is 2. The largest absolute Gasteiger partial charge is 0.342 e. The molecule has 1 saturated heterocycles. The normalized spacial score (nSPS) is 14.2. The number of hydrogen-bond acceptors (Lipinski definition) is 3. The molecule has 1 amide bonds. The molecule has 28 heavy (non-hydrogen) atoms. The van der Waals surface area contributed by atoms with Crippen molar-refractivity contribution < 1.29 is 4.79 Å². The maximum Gasteiger partial charge on any atom is 0.261 e. The number of nitrogens with one attached hydrogen (secondary N) is 2. The first-order chi connectivity index (χ1) is 13.7. The summed E-state index contributed by atoms with van der Waals surface area (Å²) < 4.78 is 0. The van der Waals surface area contributed by atoms with Crippen molar-refractivity contribution in [3.05, 3.63) is 88.5 Å². The van der Waals surface area contributed by atoms with Gasteiger partial charge in [-0.3, -0.25) is 9.59 Å². The van der Waals surface area contributed by atoms with Crippen molar-refractivity contribution in [2.75, 3.05) is 13.1 Å². The zero-order valence-electron chi connectivity index (χ0n) is 15.1. The van der Waals surface area contributed by atoms with Gasteiger partial charge in [0.2, 0.25) is 0 Å². The van der Waals surface area contributed by atoms with E-state index in [0.29, 0.717) is 18.8 Å². The van der Waals surface area contributed by atoms with Crippen LogP contribution in [0.2, 0.25) is 0 Å². The van der Waals surface area contributed by atoms with E-state index < -0.39 is 0 Å². The van der Waals surface area contributed by atoms with E-state index in [1.807, 2.05) is 54.6 Å². The van der Waals surface area contributed by atoms with Crippen LogP contribution >= 0.6 is 0 Å². The Bertz CT molecular complexity index is 1190. The first-order valence-electron chi connectivity index (χ1n) is 9.22. The Balaban J connectivity index is 1.32. The predicted molar refractivity (Wildman–Crippen MR) is 107 cm³/mol. The highest BCUT2D eigenvalue weighted by Gasteiger charge is 2.35. The number of aromatic nitrogens is 3. The highest BCUT2D eigenvalue weighted by molar-refractivity contribution is 5.94. The molecule has 0 bridgehead atoms. The van der Waals surface area contributed by atoms with Gasteiger partial charge in [-0.25, -0.2) is 4.98 Å². The Hall–Kier alpha value is -3.67. The van der Waals surface area contributed by atoms with E-state index in [4.69, 9.17) is 0 Å². The fourth-order valence-corrected chi connectivity index (χ4v) is 3.58. The summed E-state index contributed by atoms with van der Waals surface area (Å²) in [5.41, 5.74) is 3.34. The van der Waals surface area contributed by atoms with Crippen molar-refractivity contribution in [3.63, 3.8) is 0 Å². The van der Waals surface area contributed by atoms with E-state index in [1.54, 1.807) is 17.0 Å². The number of benzene rings is 2. The van der Waals surface area contributed by atoms with Gasteiger partial charge >= 0.3 is 0 Å². The lowest BCUT2D eigenvalue weighted by Gasteiger charge is -2.38. The Morgan fingerprint density at radius 1 is 0.929 bits per heavy atom. The van der Waals surface area contributed by atoms with Crippen molar-refractivity contribution in [1.82, 2.24) is 19.9 Å². The Morgan fingerprint density at radius 3 is 2.43 bits per heavy atom. The summed E-state index contributed by atoms with van der Waals surface area (Å²) >= 11 is 0. The minimum atomic E-state index is -0.362. The van der Waals surface area contributed by atoms with E-state index in [9.17, 15) is 9.59 Å². The van der Waals surface area contributed by atoms with Crippen LogP contribution in [-0.4, -0.2) is 38.8 Å². The molecule has 2 N–H and O–H groups in total. The second kappa shape index (κ2) is 6.49. The summed E-state index contributed by atoms with van der Waals surface area (Å²) in [5.74, 6) is 0.811. The van der Waals surface area contributed by atoms with Gasteiger partial charge in [0.1, 0.15) is 11.4 Å². The molecule has 1 fully saturated rings. The summed E-state index contributed by atoms with van der Waals surface area (Å²) in [5, 5.41) is 0. The van der Waals surface area contributed by atoms with Gasteiger partial charge in [0, 0.05) is 18.8 Å². The minimum absolute atomic E-state index is 0.166. The lowest BCUT2D eigenvalue weighted by atomic mass is 9.98. The summed E-state index contributed by atoms with van der Waals surface area (Å²) in [6.45, 7) is 1.11. The number of carbonyl (C=O) groups excluding carboxylic acids is 1. The van der Waals surface area contributed by atoms with E-state index in [0.717, 1.165) is 22.4 Å². The molecule has 1 aliphatic rings. The van der Waals surface area contributed by atoms with E-state index in [2.05, 4.69) is 15.0 Å². The summed E-state index contributed by atoms with van der Waals surface area (Å²) in [6, 6.07) is 20.8. The topological polar surface area (TPSA) is 81.8 Å². The smallest absolute Gasteiger partial charge is 0.261 e. The van der Waals surface area contributed by atoms with Gasteiger partial charge in [0.15, 0.2) is 0 Å². The molecule has 6 heteroatoms. The molecule has 0 unspecified atom stereocenters.